The Balaban J connectivity index is 1.61. The molecule has 1 fully saturated rings. The van der Waals surface area contributed by atoms with Gasteiger partial charge in [-0.05, 0) is 73.7 Å². The average molecular weight is 405 g/mol. The van der Waals surface area contributed by atoms with Crippen LogP contribution in [0.1, 0.15) is 24.5 Å². The van der Waals surface area contributed by atoms with Crippen LogP contribution < -0.4 is 20.3 Å². The summed E-state index contributed by atoms with van der Waals surface area (Å²) < 4.78 is 5.12. The van der Waals surface area contributed by atoms with E-state index in [-0.39, 0.29) is 0 Å². The third-order valence-corrected chi connectivity index (χ3v) is 5.50. The predicted molar refractivity (Wildman–Crippen MR) is 113 cm³/mol. The Kier molecular flexibility index (Phi) is 5.27. The summed E-state index contributed by atoms with van der Waals surface area (Å²) in [6.07, 6.45) is 4.93. The molecule has 7 nitrogen and oxygen atoms in total. The number of nitrogens with zero attached hydrogens (tertiary/aromatic N) is 1. The number of amides is 4. The van der Waals surface area contributed by atoms with Crippen LogP contribution in [0.3, 0.4) is 0 Å². The topological polar surface area (TPSA) is 87.7 Å². The molecule has 1 saturated heterocycles. The fraction of sp³-hybridized carbons (Fsp3) is 0.261. The number of rotatable bonds is 5. The van der Waals surface area contributed by atoms with E-state index >= 15 is 0 Å². The maximum absolute atomic E-state index is 13.2. The minimum absolute atomic E-state index is 0.365. The average Bonchev–Trinajstić information content (AvgIpc) is 3.21. The number of carbonyl (C=O) groups is 3. The van der Waals surface area contributed by atoms with Crippen molar-refractivity contribution < 1.29 is 19.1 Å². The van der Waals surface area contributed by atoms with Gasteiger partial charge < -0.3 is 10.1 Å². The van der Waals surface area contributed by atoms with E-state index in [4.69, 9.17) is 4.74 Å². The van der Waals surface area contributed by atoms with Crippen LogP contribution in [0.4, 0.5) is 16.2 Å². The third kappa shape index (κ3) is 3.54. The standard InChI is InChI=1S/C23H23N3O4/c1-3-19(24-16-8-7-14-5-4-6-15(14)13-16)20-21(27)25-23(29)26(22(20)28)17-9-11-18(30-2)12-10-17/h3,7-13,20,24H,4-6H2,1-2H3,(H,25,27,29)/b19-3+/t20-/m0/s1. The number of urea groups is 1. The quantitative estimate of drug-likeness (QED) is 0.745. The van der Waals surface area contributed by atoms with Gasteiger partial charge in [-0.15, -0.1) is 0 Å². The third-order valence-electron chi connectivity index (χ3n) is 5.50. The molecule has 4 rings (SSSR count). The predicted octanol–water partition coefficient (Wildman–Crippen LogP) is 3.40. The van der Waals surface area contributed by atoms with Crippen molar-refractivity contribution in [2.45, 2.75) is 26.2 Å². The number of barbiturate groups is 1. The molecule has 0 aromatic heterocycles. The second-order valence-electron chi connectivity index (χ2n) is 7.31. The molecule has 1 aliphatic heterocycles. The van der Waals surface area contributed by atoms with Crippen LogP contribution >= 0.6 is 0 Å². The van der Waals surface area contributed by atoms with Crippen LogP contribution in [0.15, 0.2) is 54.2 Å². The maximum Gasteiger partial charge on any atom is 0.335 e. The highest BCUT2D eigenvalue weighted by atomic mass is 16.5. The number of hydrogen-bond acceptors (Lipinski definition) is 5. The van der Waals surface area contributed by atoms with Crippen molar-refractivity contribution in [3.8, 4) is 5.75 Å². The summed E-state index contributed by atoms with van der Waals surface area (Å²) in [5, 5.41) is 5.51. The molecule has 2 N–H and O–H groups in total. The lowest BCUT2D eigenvalue weighted by Gasteiger charge is -2.31. The van der Waals surface area contributed by atoms with Crippen molar-refractivity contribution in [1.82, 2.24) is 5.32 Å². The first-order chi connectivity index (χ1) is 14.5. The largest absolute Gasteiger partial charge is 0.497 e. The van der Waals surface area contributed by atoms with E-state index in [0.717, 1.165) is 29.8 Å². The highest BCUT2D eigenvalue weighted by molar-refractivity contribution is 6.29. The molecule has 30 heavy (non-hydrogen) atoms. The van der Waals surface area contributed by atoms with E-state index in [1.165, 1.54) is 18.2 Å². The van der Waals surface area contributed by atoms with Gasteiger partial charge in [-0.2, -0.15) is 0 Å². The molecule has 2 aliphatic rings. The van der Waals surface area contributed by atoms with Gasteiger partial charge in [0.15, 0.2) is 5.92 Å². The van der Waals surface area contributed by atoms with Crippen LogP contribution in [0, 0.1) is 5.92 Å². The van der Waals surface area contributed by atoms with Gasteiger partial charge in [0.2, 0.25) is 5.91 Å². The van der Waals surface area contributed by atoms with Crippen molar-refractivity contribution in [3.05, 3.63) is 65.4 Å². The summed E-state index contributed by atoms with van der Waals surface area (Å²) in [5.41, 5.74) is 4.23. The van der Waals surface area contributed by atoms with Gasteiger partial charge in [-0.3, -0.25) is 14.9 Å². The molecule has 2 aromatic carbocycles. The zero-order valence-electron chi connectivity index (χ0n) is 16.9. The van der Waals surface area contributed by atoms with Crippen molar-refractivity contribution in [2.75, 3.05) is 17.3 Å². The van der Waals surface area contributed by atoms with E-state index in [1.807, 2.05) is 6.07 Å². The minimum atomic E-state index is -1.15. The summed E-state index contributed by atoms with van der Waals surface area (Å²) in [6, 6.07) is 11.8. The Labute approximate surface area is 174 Å². The number of benzene rings is 2. The number of imide groups is 2. The number of aryl methyl sites for hydroxylation is 2. The van der Waals surface area contributed by atoms with E-state index in [2.05, 4.69) is 22.8 Å². The Hall–Kier alpha value is -3.61. The van der Waals surface area contributed by atoms with Gasteiger partial charge in [-0.25, -0.2) is 9.69 Å². The van der Waals surface area contributed by atoms with Gasteiger partial charge in [0, 0.05) is 11.4 Å². The summed E-state index contributed by atoms with van der Waals surface area (Å²) >= 11 is 0. The Morgan fingerprint density at radius 3 is 2.53 bits per heavy atom. The molecule has 0 radical (unpaired) electrons. The molecule has 2 aromatic rings. The fourth-order valence-electron chi connectivity index (χ4n) is 3.95. The van der Waals surface area contributed by atoms with E-state index in [0.29, 0.717) is 17.1 Å². The van der Waals surface area contributed by atoms with Crippen molar-refractivity contribution >= 4 is 29.2 Å². The second kappa shape index (κ2) is 8.02. The first-order valence-corrected chi connectivity index (χ1v) is 9.89. The van der Waals surface area contributed by atoms with E-state index in [1.54, 1.807) is 37.3 Å². The molecule has 1 heterocycles. The zero-order valence-corrected chi connectivity index (χ0v) is 16.9. The fourth-order valence-corrected chi connectivity index (χ4v) is 3.95. The van der Waals surface area contributed by atoms with Gasteiger partial charge in [-0.1, -0.05) is 12.1 Å². The SMILES string of the molecule is C/C=C(/Nc1ccc2c(c1)CCC2)[C@H]1C(=O)NC(=O)N(c2ccc(OC)cc2)C1=O. The second-order valence-corrected chi connectivity index (χ2v) is 7.31. The monoisotopic (exact) mass is 405 g/mol. The smallest absolute Gasteiger partial charge is 0.335 e. The number of anilines is 2. The summed E-state index contributed by atoms with van der Waals surface area (Å²) in [5.74, 6) is -1.79. The van der Waals surface area contributed by atoms with Crippen molar-refractivity contribution in [1.29, 1.82) is 0 Å². The van der Waals surface area contributed by atoms with Crippen LogP contribution in [0.25, 0.3) is 0 Å². The van der Waals surface area contributed by atoms with Gasteiger partial charge in [0.1, 0.15) is 5.75 Å². The lowest BCUT2D eigenvalue weighted by atomic mass is 9.99. The van der Waals surface area contributed by atoms with Crippen LogP contribution in [0.2, 0.25) is 0 Å². The number of allylic oxidation sites excluding steroid dienone is 1. The number of ether oxygens (including phenoxy) is 1. The number of nitrogens with one attached hydrogen (secondary N) is 2. The first kappa shape index (κ1) is 19.7. The maximum atomic E-state index is 13.2. The van der Waals surface area contributed by atoms with Gasteiger partial charge in [0.25, 0.3) is 5.91 Å². The zero-order chi connectivity index (χ0) is 21.3. The van der Waals surface area contributed by atoms with E-state index in [9.17, 15) is 14.4 Å². The number of methoxy groups -OCH3 is 1. The molecule has 0 spiro atoms. The number of fused-ring (bicyclic) bond motifs is 1. The van der Waals surface area contributed by atoms with Crippen LogP contribution in [-0.2, 0) is 22.4 Å². The molecule has 7 heteroatoms. The molecule has 154 valence electrons. The number of hydrogen-bond donors (Lipinski definition) is 2. The van der Waals surface area contributed by atoms with Crippen LogP contribution in [-0.4, -0.2) is 25.0 Å². The summed E-state index contributed by atoms with van der Waals surface area (Å²) in [7, 11) is 1.53. The Morgan fingerprint density at radius 1 is 1.10 bits per heavy atom. The van der Waals surface area contributed by atoms with Gasteiger partial charge in [0.05, 0.1) is 12.8 Å². The lowest BCUT2D eigenvalue weighted by Crippen LogP contribution is -2.59. The lowest BCUT2D eigenvalue weighted by molar-refractivity contribution is -0.132. The Bertz CT molecular complexity index is 1040. The first-order valence-electron chi connectivity index (χ1n) is 9.89. The molecule has 0 bridgehead atoms. The highest BCUT2D eigenvalue weighted by Crippen LogP contribution is 2.29. The molecular formula is C23H23N3O4. The highest BCUT2D eigenvalue weighted by Gasteiger charge is 2.43. The Morgan fingerprint density at radius 2 is 1.83 bits per heavy atom. The molecule has 1 aliphatic carbocycles. The van der Waals surface area contributed by atoms with Crippen molar-refractivity contribution in [3.63, 3.8) is 0 Å². The summed E-state index contributed by atoms with van der Waals surface area (Å²) in [4.78, 5) is 39.2. The molecule has 4 amide bonds. The molecular weight excluding hydrogens is 382 g/mol. The minimum Gasteiger partial charge on any atom is -0.497 e. The number of carbonyl (C=O) groups excluding carboxylic acids is 3. The van der Waals surface area contributed by atoms with E-state index < -0.39 is 23.8 Å². The molecule has 0 saturated carbocycles. The van der Waals surface area contributed by atoms with Gasteiger partial charge >= 0.3 is 6.03 Å². The van der Waals surface area contributed by atoms with Crippen LogP contribution in [0.5, 0.6) is 5.75 Å². The normalized spacial score (nSPS) is 18.9. The molecule has 1 atom stereocenters. The van der Waals surface area contributed by atoms with Crippen molar-refractivity contribution in [2.24, 2.45) is 5.92 Å². The molecule has 0 unspecified atom stereocenters. The summed E-state index contributed by atoms with van der Waals surface area (Å²) in [6.45, 7) is 1.75.